The Hall–Kier alpha value is -0.520. The van der Waals surface area contributed by atoms with Crippen LogP contribution in [0.2, 0.25) is 0 Å². The zero-order chi connectivity index (χ0) is 9.52. The van der Waals surface area contributed by atoms with Crippen LogP contribution in [0.3, 0.4) is 0 Å². The first-order valence-corrected chi connectivity index (χ1v) is 5.15. The second kappa shape index (κ2) is 6.01. The van der Waals surface area contributed by atoms with E-state index in [-0.39, 0.29) is 6.10 Å². The number of rotatable bonds is 4. The molecule has 1 rings (SSSR count). The first-order valence-electron chi connectivity index (χ1n) is 5.15. The first-order chi connectivity index (χ1) is 6.33. The van der Waals surface area contributed by atoms with Gasteiger partial charge in [-0.25, -0.2) is 0 Å². The standard InChI is InChI=1S/C11H19NO/c1-2-3-8-12-9-10-4-6-11(13)7-5-10/h1,10-13H,3-9H2. The molecule has 1 saturated carbocycles. The number of hydrogen-bond acceptors (Lipinski definition) is 2. The normalized spacial score (nSPS) is 28.3. The minimum atomic E-state index is -0.0399. The SMILES string of the molecule is C#CCCNCC1CCC(O)CC1. The van der Waals surface area contributed by atoms with E-state index in [0.29, 0.717) is 0 Å². The molecule has 2 nitrogen and oxygen atoms in total. The highest BCUT2D eigenvalue weighted by atomic mass is 16.3. The smallest absolute Gasteiger partial charge is 0.0540 e. The summed E-state index contributed by atoms with van der Waals surface area (Å²) in [6.45, 7) is 1.99. The lowest BCUT2D eigenvalue weighted by Crippen LogP contribution is -2.28. The molecule has 0 amide bonds. The van der Waals surface area contributed by atoms with E-state index in [1.54, 1.807) is 0 Å². The molecule has 1 aliphatic rings. The maximum atomic E-state index is 9.29. The molecule has 2 heteroatoms. The maximum absolute atomic E-state index is 9.29. The molecule has 0 unspecified atom stereocenters. The van der Waals surface area contributed by atoms with Crippen LogP contribution >= 0.6 is 0 Å². The lowest BCUT2D eigenvalue weighted by Gasteiger charge is -2.25. The van der Waals surface area contributed by atoms with Gasteiger partial charge in [0.15, 0.2) is 0 Å². The van der Waals surface area contributed by atoms with E-state index in [2.05, 4.69) is 11.2 Å². The highest BCUT2D eigenvalue weighted by Crippen LogP contribution is 2.23. The van der Waals surface area contributed by atoms with Gasteiger partial charge in [0.2, 0.25) is 0 Å². The monoisotopic (exact) mass is 181 g/mol. The van der Waals surface area contributed by atoms with Gasteiger partial charge in [-0.3, -0.25) is 0 Å². The maximum Gasteiger partial charge on any atom is 0.0540 e. The number of nitrogens with one attached hydrogen (secondary N) is 1. The van der Waals surface area contributed by atoms with Crippen LogP contribution in [0.25, 0.3) is 0 Å². The van der Waals surface area contributed by atoms with Gasteiger partial charge in [0, 0.05) is 13.0 Å². The lowest BCUT2D eigenvalue weighted by atomic mass is 9.87. The molecule has 1 fully saturated rings. The van der Waals surface area contributed by atoms with Gasteiger partial charge in [0.25, 0.3) is 0 Å². The Labute approximate surface area is 80.7 Å². The van der Waals surface area contributed by atoms with Gasteiger partial charge in [-0.15, -0.1) is 12.3 Å². The van der Waals surface area contributed by atoms with Crippen LogP contribution in [0.1, 0.15) is 32.1 Å². The second-order valence-electron chi connectivity index (χ2n) is 3.83. The summed E-state index contributed by atoms with van der Waals surface area (Å²) in [5.74, 6) is 3.36. The number of aliphatic hydroxyl groups is 1. The van der Waals surface area contributed by atoms with Crippen molar-refractivity contribution in [3.63, 3.8) is 0 Å². The molecule has 0 aromatic carbocycles. The Morgan fingerprint density at radius 1 is 1.31 bits per heavy atom. The predicted octanol–water partition coefficient (Wildman–Crippen LogP) is 1.15. The molecule has 74 valence electrons. The molecule has 0 radical (unpaired) electrons. The van der Waals surface area contributed by atoms with Crippen LogP contribution in [0.4, 0.5) is 0 Å². The van der Waals surface area contributed by atoms with Gasteiger partial charge < -0.3 is 10.4 Å². The van der Waals surface area contributed by atoms with Crippen molar-refractivity contribution in [3.05, 3.63) is 0 Å². The summed E-state index contributed by atoms with van der Waals surface area (Å²) < 4.78 is 0. The summed E-state index contributed by atoms with van der Waals surface area (Å²) in [5, 5.41) is 12.6. The molecular weight excluding hydrogens is 162 g/mol. The van der Waals surface area contributed by atoms with E-state index in [9.17, 15) is 5.11 Å². The molecule has 1 aliphatic carbocycles. The third kappa shape index (κ3) is 4.31. The molecule has 0 spiro atoms. The highest BCUT2D eigenvalue weighted by molar-refractivity contribution is 4.84. The van der Waals surface area contributed by atoms with Crippen molar-refractivity contribution < 1.29 is 5.11 Å². The summed E-state index contributed by atoms with van der Waals surface area (Å²) in [6.07, 6.45) is 10.2. The average molecular weight is 181 g/mol. The van der Waals surface area contributed by atoms with E-state index < -0.39 is 0 Å². The van der Waals surface area contributed by atoms with Gasteiger partial charge in [0.1, 0.15) is 0 Å². The molecule has 13 heavy (non-hydrogen) atoms. The van der Waals surface area contributed by atoms with Crippen LogP contribution < -0.4 is 5.32 Å². The predicted molar refractivity (Wildman–Crippen MR) is 54.3 cm³/mol. The van der Waals surface area contributed by atoms with Gasteiger partial charge in [-0.2, -0.15) is 0 Å². The third-order valence-corrected chi connectivity index (χ3v) is 2.70. The minimum absolute atomic E-state index is 0.0399. The van der Waals surface area contributed by atoms with Crippen molar-refractivity contribution in [1.82, 2.24) is 5.32 Å². The number of terminal acetylenes is 1. The molecule has 0 saturated heterocycles. The molecule has 2 N–H and O–H groups in total. The van der Waals surface area contributed by atoms with E-state index in [1.807, 2.05) is 0 Å². The van der Waals surface area contributed by atoms with Crippen LogP contribution in [-0.4, -0.2) is 24.3 Å². The quantitative estimate of drug-likeness (QED) is 0.504. The van der Waals surface area contributed by atoms with Gasteiger partial charge >= 0.3 is 0 Å². The van der Waals surface area contributed by atoms with Crippen molar-refractivity contribution in [3.8, 4) is 12.3 Å². The van der Waals surface area contributed by atoms with Gasteiger partial charge in [-0.1, -0.05) is 0 Å². The van der Waals surface area contributed by atoms with Crippen molar-refractivity contribution in [2.24, 2.45) is 5.92 Å². The third-order valence-electron chi connectivity index (χ3n) is 2.70. The van der Waals surface area contributed by atoms with Gasteiger partial charge in [0.05, 0.1) is 6.10 Å². The van der Waals surface area contributed by atoms with Crippen molar-refractivity contribution in [1.29, 1.82) is 0 Å². The summed E-state index contributed by atoms with van der Waals surface area (Å²) in [6, 6.07) is 0. The minimum Gasteiger partial charge on any atom is -0.393 e. The number of aliphatic hydroxyl groups excluding tert-OH is 1. The Bertz CT molecular complexity index is 165. The lowest BCUT2D eigenvalue weighted by molar-refractivity contribution is 0.108. The van der Waals surface area contributed by atoms with Crippen LogP contribution in [-0.2, 0) is 0 Å². The Balaban J connectivity index is 2.00. The molecule has 0 aliphatic heterocycles. The summed E-state index contributed by atoms with van der Waals surface area (Å²) in [5.41, 5.74) is 0. The van der Waals surface area contributed by atoms with E-state index in [0.717, 1.165) is 51.1 Å². The Morgan fingerprint density at radius 2 is 2.00 bits per heavy atom. The highest BCUT2D eigenvalue weighted by Gasteiger charge is 2.18. The molecule has 0 heterocycles. The fourth-order valence-corrected chi connectivity index (χ4v) is 1.82. The van der Waals surface area contributed by atoms with E-state index >= 15 is 0 Å². The molecule has 0 atom stereocenters. The van der Waals surface area contributed by atoms with E-state index in [1.165, 1.54) is 0 Å². The zero-order valence-corrected chi connectivity index (χ0v) is 8.13. The Kier molecular flexibility index (Phi) is 4.88. The summed E-state index contributed by atoms with van der Waals surface area (Å²) in [4.78, 5) is 0. The van der Waals surface area contributed by atoms with Crippen molar-refractivity contribution in [2.45, 2.75) is 38.2 Å². The Morgan fingerprint density at radius 3 is 2.62 bits per heavy atom. The van der Waals surface area contributed by atoms with E-state index in [4.69, 9.17) is 6.42 Å². The molecule has 0 aromatic rings. The topological polar surface area (TPSA) is 32.3 Å². The number of hydrogen-bond donors (Lipinski definition) is 2. The fourth-order valence-electron chi connectivity index (χ4n) is 1.82. The van der Waals surface area contributed by atoms with Gasteiger partial charge in [-0.05, 0) is 38.1 Å². The molecule has 0 bridgehead atoms. The summed E-state index contributed by atoms with van der Waals surface area (Å²) in [7, 11) is 0. The molecule has 0 aromatic heterocycles. The largest absolute Gasteiger partial charge is 0.393 e. The fraction of sp³-hybridized carbons (Fsp3) is 0.818. The molecular formula is C11H19NO. The van der Waals surface area contributed by atoms with Crippen LogP contribution in [0, 0.1) is 18.3 Å². The van der Waals surface area contributed by atoms with Crippen LogP contribution in [0.5, 0.6) is 0 Å². The van der Waals surface area contributed by atoms with Crippen LogP contribution in [0.15, 0.2) is 0 Å². The van der Waals surface area contributed by atoms with Crippen molar-refractivity contribution >= 4 is 0 Å². The average Bonchev–Trinajstić information content (AvgIpc) is 2.15. The summed E-state index contributed by atoms with van der Waals surface area (Å²) >= 11 is 0. The first kappa shape index (κ1) is 10.6. The van der Waals surface area contributed by atoms with Crippen molar-refractivity contribution in [2.75, 3.05) is 13.1 Å². The second-order valence-corrected chi connectivity index (χ2v) is 3.83. The zero-order valence-electron chi connectivity index (χ0n) is 8.13.